The van der Waals surface area contributed by atoms with Crippen molar-refractivity contribution in [2.75, 3.05) is 0 Å². The first-order valence-electron chi connectivity index (χ1n) is 8.38. The van der Waals surface area contributed by atoms with Crippen LogP contribution in [0.25, 0.3) is 0 Å². The van der Waals surface area contributed by atoms with Crippen LogP contribution in [0.3, 0.4) is 0 Å². The van der Waals surface area contributed by atoms with Gasteiger partial charge in [0.05, 0.1) is 0 Å². The Kier molecular flexibility index (Phi) is 15.0. The normalized spacial score (nSPS) is 10.5. The molecule has 0 saturated heterocycles. The molecule has 2 nitrogen and oxygen atoms in total. The molecule has 1 rings (SSSR count). The van der Waals surface area contributed by atoms with Gasteiger partial charge in [0.2, 0.25) is 0 Å². The number of rotatable bonds is 5. The number of hydrogen-bond donors (Lipinski definition) is 0. The Balaban J connectivity index is 0. The predicted molar refractivity (Wildman–Crippen MR) is 96.5 cm³/mol. The van der Waals surface area contributed by atoms with E-state index in [1.165, 1.54) is 19.3 Å². The van der Waals surface area contributed by atoms with Gasteiger partial charge in [-0.1, -0.05) is 70.7 Å². The van der Waals surface area contributed by atoms with Crippen molar-refractivity contribution in [3.63, 3.8) is 0 Å². The molecule has 0 spiro atoms. The SMILES string of the molecule is CC(=O)c1cccc(C)c1.CCC.CCCCC(C)C(C)=O. The first-order valence-corrected chi connectivity index (χ1v) is 8.38. The number of carbonyl (C=O) groups excluding carboxylic acids is 2. The van der Waals surface area contributed by atoms with Crippen LogP contribution in [0.1, 0.15) is 83.1 Å². The fraction of sp³-hybridized carbons (Fsp3) is 0.600. The van der Waals surface area contributed by atoms with Crippen LogP contribution < -0.4 is 0 Å². The second-order valence-electron chi connectivity index (χ2n) is 5.79. The van der Waals surface area contributed by atoms with Crippen molar-refractivity contribution in [1.82, 2.24) is 0 Å². The molecule has 0 aliphatic carbocycles. The molecule has 126 valence electrons. The van der Waals surface area contributed by atoms with E-state index in [0.29, 0.717) is 5.78 Å². The molecule has 0 fully saturated rings. The molecular weight excluding hydrogens is 272 g/mol. The molecule has 0 heterocycles. The second kappa shape index (κ2) is 14.5. The molecule has 0 amide bonds. The van der Waals surface area contributed by atoms with Crippen LogP contribution in [0, 0.1) is 12.8 Å². The maximum Gasteiger partial charge on any atom is 0.159 e. The van der Waals surface area contributed by atoms with Gasteiger partial charge in [0.1, 0.15) is 5.78 Å². The monoisotopic (exact) mass is 306 g/mol. The third-order valence-corrected chi connectivity index (χ3v) is 3.11. The maximum absolute atomic E-state index is 10.8. The average Bonchev–Trinajstić information content (AvgIpc) is 2.46. The number of hydrogen-bond acceptors (Lipinski definition) is 2. The van der Waals surface area contributed by atoms with E-state index >= 15 is 0 Å². The van der Waals surface area contributed by atoms with Gasteiger partial charge in [-0.05, 0) is 33.3 Å². The van der Waals surface area contributed by atoms with Crippen molar-refractivity contribution < 1.29 is 9.59 Å². The summed E-state index contributed by atoms with van der Waals surface area (Å²) in [5.41, 5.74) is 1.92. The Bertz CT molecular complexity index is 421. The van der Waals surface area contributed by atoms with Gasteiger partial charge in [0.25, 0.3) is 0 Å². The molecule has 0 N–H and O–H groups in total. The zero-order valence-corrected chi connectivity index (χ0v) is 15.5. The quantitative estimate of drug-likeness (QED) is 0.624. The van der Waals surface area contributed by atoms with Gasteiger partial charge < -0.3 is 0 Å². The molecule has 0 bridgehead atoms. The molecule has 0 radical (unpaired) electrons. The number of aryl methyl sites for hydroxylation is 1. The summed E-state index contributed by atoms with van der Waals surface area (Å²) in [6.07, 6.45) is 4.68. The van der Waals surface area contributed by atoms with Gasteiger partial charge in [-0.3, -0.25) is 9.59 Å². The molecule has 1 unspecified atom stereocenters. The Hall–Kier alpha value is -1.44. The number of unbranched alkanes of at least 4 members (excludes halogenated alkanes) is 1. The fourth-order valence-corrected chi connectivity index (χ4v) is 1.58. The van der Waals surface area contributed by atoms with Gasteiger partial charge >= 0.3 is 0 Å². The Morgan fingerprint density at radius 3 is 1.95 bits per heavy atom. The predicted octanol–water partition coefficient (Wildman–Crippen LogP) is 6.02. The van der Waals surface area contributed by atoms with Crippen molar-refractivity contribution in [1.29, 1.82) is 0 Å². The summed E-state index contributed by atoms with van der Waals surface area (Å²) in [4.78, 5) is 21.4. The molecule has 2 heteroatoms. The summed E-state index contributed by atoms with van der Waals surface area (Å²) in [7, 11) is 0. The Morgan fingerprint density at radius 1 is 1.09 bits per heavy atom. The van der Waals surface area contributed by atoms with E-state index in [4.69, 9.17) is 0 Å². The van der Waals surface area contributed by atoms with E-state index < -0.39 is 0 Å². The third-order valence-electron chi connectivity index (χ3n) is 3.11. The number of carbonyl (C=O) groups is 2. The molecule has 1 atom stereocenters. The van der Waals surface area contributed by atoms with E-state index in [0.717, 1.165) is 17.5 Å². The van der Waals surface area contributed by atoms with Gasteiger partial charge in [-0.2, -0.15) is 0 Å². The lowest BCUT2D eigenvalue weighted by Gasteiger charge is -2.03. The van der Waals surface area contributed by atoms with Crippen LogP contribution in [0.5, 0.6) is 0 Å². The summed E-state index contributed by atoms with van der Waals surface area (Å²) in [6.45, 7) is 13.6. The van der Waals surface area contributed by atoms with Crippen LogP contribution in [0.2, 0.25) is 0 Å². The largest absolute Gasteiger partial charge is 0.300 e. The van der Waals surface area contributed by atoms with Crippen molar-refractivity contribution in [2.45, 2.75) is 74.1 Å². The summed E-state index contributed by atoms with van der Waals surface area (Å²) in [5, 5.41) is 0. The second-order valence-corrected chi connectivity index (χ2v) is 5.79. The third kappa shape index (κ3) is 13.5. The molecule has 0 aromatic heterocycles. The highest BCUT2D eigenvalue weighted by Gasteiger charge is 2.04. The van der Waals surface area contributed by atoms with Gasteiger partial charge in [-0.25, -0.2) is 0 Å². The molecule has 1 aromatic rings. The minimum atomic E-state index is 0.128. The minimum absolute atomic E-state index is 0.128. The highest BCUT2D eigenvalue weighted by atomic mass is 16.1. The average molecular weight is 306 g/mol. The zero-order chi connectivity index (χ0) is 17.5. The molecule has 1 aromatic carbocycles. The van der Waals surface area contributed by atoms with Crippen LogP contribution in [-0.2, 0) is 4.79 Å². The van der Waals surface area contributed by atoms with Crippen molar-refractivity contribution in [3.8, 4) is 0 Å². The smallest absolute Gasteiger partial charge is 0.159 e. The Labute approximate surface area is 137 Å². The van der Waals surface area contributed by atoms with Gasteiger partial charge in [0, 0.05) is 11.5 Å². The molecule has 22 heavy (non-hydrogen) atoms. The standard InChI is InChI=1S/C9H10O.C8H16O.C3H8/c1-7-4-3-5-9(6-7)8(2)10;1-4-5-6-7(2)8(3)9;1-3-2/h3-6H,1-2H3;7H,4-6H2,1-3H3;3H2,1-2H3. The highest BCUT2D eigenvalue weighted by Crippen LogP contribution is 2.07. The first-order chi connectivity index (χ1) is 10.3. The van der Waals surface area contributed by atoms with Crippen molar-refractivity contribution in [3.05, 3.63) is 35.4 Å². The van der Waals surface area contributed by atoms with Crippen LogP contribution in [-0.4, -0.2) is 11.6 Å². The van der Waals surface area contributed by atoms with Crippen LogP contribution in [0.4, 0.5) is 0 Å². The first kappa shape index (κ1) is 22.8. The van der Waals surface area contributed by atoms with Crippen LogP contribution in [0.15, 0.2) is 24.3 Å². The maximum atomic E-state index is 10.8. The molecule has 0 aliphatic rings. The summed E-state index contributed by atoms with van der Waals surface area (Å²) in [6, 6.07) is 7.59. The lowest BCUT2D eigenvalue weighted by Crippen LogP contribution is -2.05. The van der Waals surface area contributed by atoms with Gasteiger partial charge in [-0.15, -0.1) is 0 Å². The van der Waals surface area contributed by atoms with Crippen molar-refractivity contribution in [2.24, 2.45) is 5.92 Å². The van der Waals surface area contributed by atoms with E-state index in [1.807, 2.05) is 38.1 Å². The number of ketones is 2. The fourth-order valence-electron chi connectivity index (χ4n) is 1.58. The van der Waals surface area contributed by atoms with Crippen molar-refractivity contribution >= 4 is 11.6 Å². The van der Waals surface area contributed by atoms with E-state index in [1.54, 1.807) is 13.8 Å². The van der Waals surface area contributed by atoms with E-state index in [9.17, 15) is 9.59 Å². The number of benzene rings is 1. The Morgan fingerprint density at radius 2 is 1.64 bits per heavy atom. The number of Topliss-reactive ketones (excluding diaryl/α,β-unsaturated/α-hetero) is 2. The summed E-state index contributed by atoms with van der Waals surface area (Å²) < 4.78 is 0. The lowest BCUT2D eigenvalue weighted by atomic mass is 10.0. The lowest BCUT2D eigenvalue weighted by molar-refractivity contribution is -0.120. The van der Waals surface area contributed by atoms with E-state index in [-0.39, 0.29) is 11.7 Å². The molecular formula is C20H34O2. The minimum Gasteiger partial charge on any atom is -0.300 e. The summed E-state index contributed by atoms with van der Waals surface area (Å²) >= 11 is 0. The molecule has 0 saturated carbocycles. The highest BCUT2D eigenvalue weighted by molar-refractivity contribution is 5.94. The topological polar surface area (TPSA) is 34.1 Å². The summed E-state index contributed by atoms with van der Waals surface area (Å²) in [5.74, 6) is 0.733. The van der Waals surface area contributed by atoms with Gasteiger partial charge in [0.15, 0.2) is 5.78 Å². The van der Waals surface area contributed by atoms with Crippen LogP contribution >= 0.6 is 0 Å². The zero-order valence-electron chi connectivity index (χ0n) is 15.5. The molecule has 0 aliphatic heterocycles. The van der Waals surface area contributed by atoms with E-state index in [2.05, 4.69) is 20.8 Å².